The molecule has 1 N–H and O–H groups in total. The number of amides is 2. The van der Waals surface area contributed by atoms with Crippen molar-refractivity contribution in [2.75, 3.05) is 33.9 Å². The van der Waals surface area contributed by atoms with Crippen molar-refractivity contribution in [3.63, 3.8) is 0 Å². The molecule has 0 saturated carbocycles. The maximum absolute atomic E-state index is 13.3. The normalized spacial score (nSPS) is 11.2. The maximum Gasteiger partial charge on any atom is 0.251 e. The van der Waals surface area contributed by atoms with Gasteiger partial charge in [0.15, 0.2) is 11.5 Å². The monoisotopic (exact) mass is 494 g/mol. The van der Waals surface area contributed by atoms with E-state index < -0.39 is 0 Å². The summed E-state index contributed by atoms with van der Waals surface area (Å²) in [4.78, 5) is 32.8. The second kappa shape index (κ2) is 12.4. The van der Waals surface area contributed by atoms with Gasteiger partial charge in [-0.2, -0.15) is 0 Å². The molecule has 0 aliphatic heterocycles. The summed E-state index contributed by atoms with van der Waals surface area (Å²) in [5.74, 6) is 2.48. The topological polar surface area (TPSA) is 85.7 Å². The Morgan fingerprint density at radius 3 is 2.28 bits per heavy atom. The van der Waals surface area contributed by atoms with Gasteiger partial charge in [-0.3, -0.25) is 9.59 Å². The Kier molecular flexibility index (Phi) is 9.33. The lowest BCUT2D eigenvalue weighted by molar-refractivity contribution is -0.132. The minimum Gasteiger partial charge on any atom is -0.493 e. The summed E-state index contributed by atoms with van der Waals surface area (Å²) in [6.45, 7) is 10.5. The van der Waals surface area contributed by atoms with E-state index in [0.29, 0.717) is 41.9 Å². The van der Waals surface area contributed by atoms with Gasteiger partial charge in [-0.25, -0.2) is 4.98 Å². The lowest BCUT2D eigenvalue weighted by Crippen LogP contribution is -2.39. The van der Waals surface area contributed by atoms with Crippen molar-refractivity contribution >= 4 is 22.8 Å². The lowest BCUT2D eigenvalue weighted by atomic mass is 10.1. The van der Waals surface area contributed by atoms with Crippen LogP contribution in [0.4, 0.5) is 0 Å². The summed E-state index contributed by atoms with van der Waals surface area (Å²) in [6.07, 6.45) is 0.495. The van der Waals surface area contributed by atoms with Crippen molar-refractivity contribution < 1.29 is 19.1 Å². The number of methoxy groups -OCH3 is 2. The van der Waals surface area contributed by atoms with Crippen LogP contribution in [0.1, 0.15) is 43.9 Å². The Bertz CT molecular complexity index is 1180. The summed E-state index contributed by atoms with van der Waals surface area (Å²) in [7, 11) is 3.09. The largest absolute Gasteiger partial charge is 0.493 e. The van der Waals surface area contributed by atoms with Crippen LogP contribution < -0.4 is 14.8 Å². The number of carbonyl (C=O) groups is 2. The van der Waals surface area contributed by atoms with E-state index in [9.17, 15) is 9.59 Å². The van der Waals surface area contributed by atoms with Gasteiger partial charge in [0.1, 0.15) is 12.4 Å². The first-order chi connectivity index (χ1) is 17.2. The molecule has 2 amide bonds. The summed E-state index contributed by atoms with van der Waals surface area (Å²) < 4.78 is 12.5. The zero-order chi connectivity index (χ0) is 26.2. The van der Waals surface area contributed by atoms with Crippen LogP contribution in [0.2, 0.25) is 0 Å². The molecule has 0 atom stereocenters. The summed E-state index contributed by atoms with van der Waals surface area (Å²) >= 11 is 0. The number of fused-ring (bicyclic) bond motifs is 1. The van der Waals surface area contributed by atoms with E-state index in [1.54, 1.807) is 25.3 Å². The number of carbonyl (C=O) groups excluding carboxylic acids is 2. The number of hydrogen-bond donors (Lipinski definition) is 1. The fourth-order valence-corrected chi connectivity index (χ4v) is 4.26. The molecular formula is C28H38N4O4. The van der Waals surface area contributed by atoms with Crippen molar-refractivity contribution in [3.8, 4) is 11.5 Å². The van der Waals surface area contributed by atoms with Crippen LogP contribution in [0.15, 0.2) is 42.5 Å². The van der Waals surface area contributed by atoms with E-state index in [-0.39, 0.29) is 18.4 Å². The van der Waals surface area contributed by atoms with Crippen molar-refractivity contribution in [2.45, 2.75) is 40.7 Å². The molecule has 8 heteroatoms. The summed E-state index contributed by atoms with van der Waals surface area (Å²) in [6, 6.07) is 12.9. The second-order valence-electron chi connectivity index (χ2n) is 9.76. The SMILES string of the molecule is COc1ccc(C(=O)NCCc2nc3ccccc3n2CC(=O)N(CC(C)C)CC(C)C)cc1OC. The van der Waals surface area contributed by atoms with Crippen LogP contribution >= 0.6 is 0 Å². The van der Waals surface area contributed by atoms with E-state index in [0.717, 1.165) is 29.9 Å². The standard InChI is InChI=1S/C28H38N4O4/c1-19(2)16-31(17-20(3)4)27(33)18-32-23-10-8-7-9-22(23)30-26(32)13-14-29-28(34)21-11-12-24(35-5)25(15-21)36-6/h7-12,15,19-20H,13-14,16-18H2,1-6H3,(H,29,34). The average molecular weight is 495 g/mol. The number of hydrogen-bond acceptors (Lipinski definition) is 5. The van der Waals surface area contributed by atoms with E-state index in [2.05, 4.69) is 33.0 Å². The van der Waals surface area contributed by atoms with E-state index in [1.165, 1.54) is 7.11 Å². The molecule has 0 spiro atoms. The highest BCUT2D eigenvalue weighted by Crippen LogP contribution is 2.27. The quantitative estimate of drug-likeness (QED) is 0.409. The number of benzene rings is 2. The van der Waals surface area contributed by atoms with Crippen LogP contribution in [-0.2, 0) is 17.8 Å². The Balaban J connectivity index is 1.75. The number of para-hydroxylation sites is 2. The van der Waals surface area contributed by atoms with Crippen molar-refractivity contribution in [3.05, 3.63) is 53.9 Å². The third-order valence-electron chi connectivity index (χ3n) is 5.83. The first-order valence-electron chi connectivity index (χ1n) is 12.5. The van der Waals surface area contributed by atoms with Crippen LogP contribution in [-0.4, -0.2) is 60.1 Å². The number of nitrogens with one attached hydrogen (secondary N) is 1. The van der Waals surface area contributed by atoms with Gasteiger partial charge in [0.2, 0.25) is 5.91 Å². The summed E-state index contributed by atoms with van der Waals surface area (Å²) in [5, 5.41) is 2.95. The zero-order valence-electron chi connectivity index (χ0n) is 22.2. The Morgan fingerprint density at radius 1 is 0.972 bits per heavy atom. The van der Waals surface area contributed by atoms with Gasteiger partial charge in [0, 0.05) is 31.6 Å². The molecule has 0 fully saturated rings. The number of aromatic nitrogens is 2. The van der Waals surface area contributed by atoms with E-state index in [1.807, 2.05) is 33.7 Å². The first kappa shape index (κ1) is 27.0. The van der Waals surface area contributed by atoms with Crippen LogP contribution in [0, 0.1) is 11.8 Å². The fraction of sp³-hybridized carbons (Fsp3) is 0.464. The van der Waals surface area contributed by atoms with Gasteiger partial charge in [-0.1, -0.05) is 39.8 Å². The minimum absolute atomic E-state index is 0.0798. The van der Waals surface area contributed by atoms with E-state index >= 15 is 0 Å². The zero-order valence-corrected chi connectivity index (χ0v) is 22.2. The summed E-state index contributed by atoms with van der Waals surface area (Å²) in [5.41, 5.74) is 2.24. The second-order valence-corrected chi connectivity index (χ2v) is 9.76. The van der Waals surface area contributed by atoms with Gasteiger partial charge in [0.25, 0.3) is 5.91 Å². The van der Waals surface area contributed by atoms with Gasteiger partial charge in [-0.05, 0) is 42.2 Å². The van der Waals surface area contributed by atoms with Gasteiger partial charge >= 0.3 is 0 Å². The smallest absolute Gasteiger partial charge is 0.251 e. The number of ether oxygens (including phenoxy) is 2. The molecule has 1 aromatic heterocycles. The molecule has 0 aliphatic rings. The Labute approximate surface area is 213 Å². The molecule has 0 saturated heterocycles. The maximum atomic E-state index is 13.3. The molecule has 8 nitrogen and oxygen atoms in total. The number of rotatable bonds is 12. The van der Waals surface area contributed by atoms with Crippen molar-refractivity contribution in [2.24, 2.45) is 11.8 Å². The highest BCUT2D eigenvalue weighted by molar-refractivity contribution is 5.94. The van der Waals surface area contributed by atoms with Gasteiger partial charge in [-0.15, -0.1) is 0 Å². The van der Waals surface area contributed by atoms with Gasteiger partial charge < -0.3 is 24.3 Å². The average Bonchev–Trinajstić information content (AvgIpc) is 3.19. The number of imidazole rings is 1. The van der Waals surface area contributed by atoms with Crippen LogP contribution in [0.25, 0.3) is 11.0 Å². The molecule has 3 rings (SSSR count). The Hall–Kier alpha value is -3.55. The predicted molar refractivity (Wildman–Crippen MR) is 142 cm³/mol. The molecular weight excluding hydrogens is 456 g/mol. The van der Waals surface area contributed by atoms with Crippen molar-refractivity contribution in [1.29, 1.82) is 0 Å². The highest BCUT2D eigenvalue weighted by atomic mass is 16.5. The third-order valence-corrected chi connectivity index (χ3v) is 5.83. The lowest BCUT2D eigenvalue weighted by Gasteiger charge is -2.27. The molecule has 0 aliphatic carbocycles. The molecule has 36 heavy (non-hydrogen) atoms. The number of nitrogens with zero attached hydrogens (tertiary/aromatic N) is 3. The fourth-order valence-electron chi connectivity index (χ4n) is 4.26. The molecule has 0 bridgehead atoms. The van der Waals surface area contributed by atoms with E-state index in [4.69, 9.17) is 14.5 Å². The molecule has 0 unspecified atom stereocenters. The Morgan fingerprint density at radius 2 is 1.64 bits per heavy atom. The highest BCUT2D eigenvalue weighted by Gasteiger charge is 2.20. The molecule has 0 radical (unpaired) electrons. The van der Waals surface area contributed by atoms with Crippen molar-refractivity contribution in [1.82, 2.24) is 19.8 Å². The molecule has 3 aromatic rings. The molecule has 1 heterocycles. The molecule has 2 aromatic carbocycles. The minimum atomic E-state index is -0.213. The van der Waals surface area contributed by atoms with Gasteiger partial charge in [0.05, 0.1) is 25.3 Å². The third kappa shape index (κ3) is 6.77. The molecule has 194 valence electrons. The first-order valence-corrected chi connectivity index (χ1v) is 12.5. The predicted octanol–water partition coefficient (Wildman–Crippen LogP) is 4.17. The van der Waals surface area contributed by atoms with Crippen LogP contribution in [0.5, 0.6) is 11.5 Å². The van der Waals surface area contributed by atoms with Crippen LogP contribution in [0.3, 0.4) is 0 Å².